The lowest BCUT2D eigenvalue weighted by Gasteiger charge is -2.21. The number of carbonyl (C=O) groups is 1. The molecule has 0 aromatic heterocycles. The Balaban J connectivity index is 1.62. The number of hydrogen-bond acceptors (Lipinski definition) is 2. The molecule has 0 saturated carbocycles. The molecule has 2 aliphatic heterocycles. The van der Waals surface area contributed by atoms with Crippen molar-refractivity contribution in [3.05, 3.63) is 54.1 Å². The minimum Gasteiger partial charge on any atom is -0.310 e. The number of fused-ring (bicyclic) bond motifs is 1. The van der Waals surface area contributed by atoms with Gasteiger partial charge in [-0.2, -0.15) is 0 Å². The van der Waals surface area contributed by atoms with Crippen LogP contribution in [0.1, 0.15) is 18.4 Å². The van der Waals surface area contributed by atoms with Crippen LogP contribution in [-0.4, -0.2) is 25.0 Å². The van der Waals surface area contributed by atoms with Gasteiger partial charge in [0.05, 0.1) is 6.04 Å². The summed E-state index contributed by atoms with van der Waals surface area (Å²) in [6, 6.07) is 16.9. The van der Waals surface area contributed by atoms with Crippen LogP contribution in [0.3, 0.4) is 0 Å². The molecule has 2 aliphatic rings. The molecule has 3 nitrogen and oxygen atoms in total. The predicted molar refractivity (Wildman–Crippen MR) is 89.0 cm³/mol. The number of carbonyl (C=O) groups excluding carboxylic acids is 1. The Kier molecular flexibility index (Phi) is 3.43. The molecule has 1 amide bonds. The summed E-state index contributed by atoms with van der Waals surface area (Å²) in [7, 11) is 0. The number of benzene rings is 2. The van der Waals surface area contributed by atoms with Crippen molar-refractivity contribution >= 4 is 11.6 Å². The fourth-order valence-electron chi connectivity index (χ4n) is 3.52. The van der Waals surface area contributed by atoms with Crippen LogP contribution in [0.15, 0.2) is 48.5 Å². The fourth-order valence-corrected chi connectivity index (χ4v) is 3.52. The van der Waals surface area contributed by atoms with E-state index in [2.05, 4.69) is 47.8 Å². The molecule has 112 valence electrons. The molecule has 1 saturated heterocycles. The third-order valence-corrected chi connectivity index (χ3v) is 4.71. The van der Waals surface area contributed by atoms with Gasteiger partial charge < -0.3 is 10.2 Å². The molecule has 2 heterocycles. The van der Waals surface area contributed by atoms with Crippen LogP contribution >= 0.6 is 0 Å². The van der Waals surface area contributed by atoms with E-state index in [1.807, 2.05) is 11.0 Å². The lowest BCUT2D eigenvalue weighted by Crippen LogP contribution is -2.42. The van der Waals surface area contributed by atoms with Crippen LogP contribution in [0.2, 0.25) is 0 Å². The summed E-state index contributed by atoms with van der Waals surface area (Å²) in [4.78, 5) is 14.6. The Labute approximate surface area is 131 Å². The van der Waals surface area contributed by atoms with E-state index in [4.69, 9.17) is 0 Å². The number of rotatable bonds is 2. The van der Waals surface area contributed by atoms with E-state index < -0.39 is 0 Å². The van der Waals surface area contributed by atoms with Crippen LogP contribution in [0.25, 0.3) is 11.1 Å². The summed E-state index contributed by atoms with van der Waals surface area (Å²) < 4.78 is 0. The molecule has 0 radical (unpaired) electrons. The summed E-state index contributed by atoms with van der Waals surface area (Å²) >= 11 is 0. The van der Waals surface area contributed by atoms with E-state index in [-0.39, 0.29) is 11.9 Å². The molecule has 1 atom stereocenters. The second-order valence-corrected chi connectivity index (χ2v) is 6.10. The van der Waals surface area contributed by atoms with Crippen LogP contribution in [0.5, 0.6) is 0 Å². The highest BCUT2D eigenvalue weighted by Crippen LogP contribution is 2.33. The van der Waals surface area contributed by atoms with E-state index in [0.29, 0.717) is 0 Å². The third kappa shape index (κ3) is 2.32. The minimum atomic E-state index is 0.0137. The number of amides is 1. The quantitative estimate of drug-likeness (QED) is 0.923. The molecule has 22 heavy (non-hydrogen) atoms. The largest absolute Gasteiger partial charge is 0.310 e. The Morgan fingerprint density at radius 2 is 1.95 bits per heavy atom. The van der Waals surface area contributed by atoms with Gasteiger partial charge in [-0.15, -0.1) is 0 Å². The maximum Gasteiger partial charge on any atom is 0.244 e. The lowest BCUT2D eigenvalue weighted by molar-refractivity contribution is -0.120. The molecule has 1 fully saturated rings. The van der Waals surface area contributed by atoms with E-state index >= 15 is 0 Å². The first kappa shape index (κ1) is 13.5. The smallest absolute Gasteiger partial charge is 0.244 e. The van der Waals surface area contributed by atoms with Gasteiger partial charge in [0.15, 0.2) is 0 Å². The van der Waals surface area contributed by atoms with Gasteiger partial charge in [-0.05, 0) is 54.6 Å². The van der Waals surface area contributed by atoms with E-state index in [1.165, 1.54) is 16.7 Å². The average molecular weight is 292 g/mol. The number of nitrogens with one attached hydrogen (secondary N) is 1. The molecule has 1 N–H and O–H groups in total. The van der Waals surface area contributed by atoms with Crippen molar-refractivity contribution in [2.24, 2.45) is 0 Å². The van der Waals surface area contributed by atoms with E-state index in [0.717, 1.165) is 38.0 Å². The maximum atomic E-state index is 12.6. The zero-order valence-electron chi connectivity index (χ0n) is 12.6. The first-order valence-corrected chi connectivity index (χ1v) is 8.06. The Hall–Kier alpha value is -2.13. The molecule has 3 heteroatoms. The highest BCUT2D eigenvalue weighted by Gasteiger charge is 2.31. The summed E-state index contributed by atoms with van der Waals surface area (Å²) in [5.41, 5.74) is 4.84. The van der Waals surface area contributed by atoms with E-state index in [9.17, 15) is 4.79 Å². The van der Waals surface area contributed by atoms with Crippen molar-refractivity contribution in [1.29, 1.82) is 0 Å². The van der Waals surface area contributed by atoms with Gasteiger partial charge in [0.25, 0.3) is 0 Å². The Morgan fingerprint density at radius 1 is 1.09 bits per heavy atom. The first-order valence-electron chi connectivity index (χ1n) is 8.06. The zero-order chi connectivity index (χ0) is 14.9. The minimum absolute atomic E-state index is 0.0137. The standard InChI is InChI=1S/C19H20N2O/c22-19(17-7-4-11-20-17)21-12-10-16-13-15(8-9-18(16)21)14-5-2-1-3-6-14/h1-3,5-6,8-9,13,17,20H,4,7,10-12H2. The second kappa shape index (κ2) is 5.58. The summed E-state index contributed by atoms with van der Waals surface area (Å²) in [6.45, 7) is 1.77. The van der Waals surface area contributed by atoms with Gasteiger partial charge in [-0.1, -0.05) is 36.4 Å². The molecular formula is C19H20N2O. The molecule has 1 unspecified atom stereocenters. The van der Waals surface area contributed by atoms with E-state index in [1.54, 1.807) is 0 Å². The summed E-state index contributed by atoms with van der Waals surface area (Å²) in [5.74, 6) is 0.240. The first-order chi connectivity index (χ1) is 10.8. The van der Waals surface area contributed by atoms with Crippen molar-refractivity contribution in [2.75, 3.05) is 18.0 Å². The van der Waals surface area contributed by atoms with Crippen molar-refractivity contribution in [3.8, 4) is 11.1 Å². The summed E-state index contributed by atoms with van der Waals surface area (Å²) in [5, 5.41) is 3.31. The van der Waals surface area contributed by atoms with Gasteiger partial charge >= 0.3 is 0 Å². The van der Waals surface area contributed by atoms with Gasteiger partial charge in [0.2, 0.25) is 5.91 Å². The van der Waals surface area contributed by atoms with Crippen LogP contribution in [-0.2, 0) is 11.2 Å². The molecule has 2 aromatic carbocycles. The zero-order valence-corrected chi connectivity index (χ0v) is 12.6. The van der Waals surface area contributed by atoms with Crippen molar-refractivity contribution < 1.29 is 4.79 Å². The predicted octanol–water partition coefficient (Wildman–Crippen LogP) is 2.99. The Bertz CT molecular complexity index is 690. The van der Waals surface area contributed by atoms with Gasteiger partial charge in [0.1, 0.15) is 0 Å². The number of nitrogens with zero attached hydrogens (tertiary/aromatic N) is 1. The molecule has 2 aromatic rings. The van der Waals surface area contributed by atoms with Crippen molar-refractivity contribution in [3.63, 3.8) is 0 Å². The molecular weight excluding hydrogens is 272 g/mol. The highest BCUT2D eigenvalue weighted by molar-refractivity contribution is 5.99. The molecule has 0 bridgehead atoms. The average Bonchev–Trinajstić information content (AvgIpc) is 3.24. The van der Waals surface area contributed by atoms with Crippen molar-refractivity contribution in [2.45, 2.75) is 25.3 Å². The molecule has 4 rings (SSSR count). The highest BCUT2D eigenvalue weighted by atomic mass is 16.2. The lowest BCUT2D eigenvalue weighted by atomic mass is 10.0. The Morgan fingerprint density at radius 3 is 2.73 bits per heavy atom. The monoisotopic (exact) mass is 292 g/mol. The number of hydrogen-bond donors (Lipinski definition) is 1. The topological polar surface area (TPSA) is 32.3 Å². The maximum absolute atomic E-state index is 12.6. The SMILES string of the molecule is O=C(C1CCCN1)N1CCc2cc(-c3ccccc3)ccc21. The van der Waals surface area contributed by atoms with Crippen LogP contribution < -0.4 is 10.2 Å². The van der Waals surface area contributed by atoms with Crippen LogP contribution in [0, 0.1) is 0 Å². The molecule has 0 aliphatic carbocycles. The van der Waals surface area contributed by atoms with Gasteiger partial charge in [-0.25, -0.2) is 0 Å². The van der Waals surface area contributed by atoms with Gasteiger partial charge in [-0.3, -0.25) is 4.79 Å². The van der Waals surface area contributed by atoms with Crippen molar-refractivity contribution in [1.82, 2.24) is 5.32 Å². The van der Waals surface area contributed by atoms with Gasteiger partial charge in [0, 0.05) is 12.2 Å². The molecule has 0 spiro atoms. The van der Waals surface area contributed by atoms with Crippen LogP contribution in [0.4, 0.5) is 5.69 Å². The second-order valence-electron chi connectivity index (χ2n) is 6.10. The summed E-state index contributed by atoms with van der Waals surface area (Å²) in [6.07, 6.45) is 3.02. The third-order valence-electron chi connectivity index (χ3n) is 4.71. The normalized spacial score (nSPS) is 20.2. The fraction of sp³-hybridized carbons (Fsp3) is 0.316. The number of anilines is 1.